The zero-order valence-electron chi connectivity index (χ0n) is 18.6. The number of hydrogen-bond donors (Lipinski definition) is 3. The fourth-order valence-corrected chi connectivity index (χ4v) is 4.81. The molecule has 29 heavy (non-hydrogen) atoms. The van der Waals surface area contributed by atoms with Gasteiger partial charge >= 0.3 is 0 Å². The van der Waals surface area contributed by atoms with E-state index in [1.807, 2.05) is 4.90 Å². The lowest BCUT2D eigenvalue weighted by Gasteiger charge is -2.38. The first kappa shape index (κ1) is 24.5. The van der Waals surface area contributed by atoms with Gasteiger partial charge < -0.3 is 21.3 Å². The van der Waals surface area contributed by atoms with Crippen LogP contribution in [0.1, 0.15) is 72.6 Å². The van der Waals surface area contributed by atoms with E-state index in [1.165, 1.54) is 32.1 Å². The third kappa shape index (κ3) is 6.86. The normalized spacial score (nSPS) is 25.3. The Morgan fingerprint density at radius 2 is 1.97 bits per heavy atom. The van der Waals surface area contributed by atoms with Crippen LogP contribution in [0.15, 0.2) is 0 Å². The smallest absolute Gasteiger partial charge is 0.245 e. The van der Waals surface area contributed by atoms with E-state index in [0.717, 1.165) is 36.8 Å². The molecule has 1 heterocycles. The monoisotopic (exact) mass is 440 g/mol. The molecule has 0 aromatic heterocycles. The maximum Gasteiger partial charge on any atom is 0.245 e. The van der Waals surface area contributed by atoms with Gasteiger partial charge in [-0.2, -0.15) is 0 Å². The molecule has 1 saturated carbocycles. The quantitative estimate of drug-likeness (QED) is 0.477. The number of nitrogens with two attached hydrogens (primary N) is 1. The van der Waals surface area contributed by atoms with Crippen LogP contribution in [0.3, 0.4) is 0 Å². The van der Waals surface area contributed by atoms with E-state index in [-0.39, 0.29) is 30.0 Å². The van der Waals surface area contributed by atoms with Crippen molar-refractivity contribution in [2.45, 2.75) is 84.7 Å². The fraction of sp³-hybridized carbons (Fsp3) is 0.864. The lowest BCUT2D eigenvalue weighted by Crippen LogP contribution is -2.57. The van der Waals surface area contributed by atoms with Gasteiger partial charge in [-0.25, -0.2) is 0 Å². The second-order valence-electron chi connectivity index (χ2n) is 9.82. The molecule has 2 rings (SSSR count). The van der Waals surface area contributed by atoms with Crippen molar-refractivity contribution in [1.29, 1.82) is 0 Å². The van der Waals surface area contributed by atoms with Gasteiger partial charge in [0.25, 0.3) is 0 Å². The third-order valence-corrected chi connectivity index (χ3v) is 7.11. The van der Waals surface area contributed by atoms with Crippen molar-refractivity contribution in [1.82, 2.24) is 15.5 Å². The first-order valence-corrected chi connectivity index (χ1v) is 12.1. The maximum absolute atomic E-state index is 13.3. The van der Waals surface area contributed by atoms with Gasteiger partial charge in [0.2, 0.25) is 5.91 Å². The number of amides is 1. The standard InChI is InChI=1S/C22H40N4OS2/c1-5-6-8-15-11-16(12-15)20(29)24-14-17-9-7-10-26(17)21(27)19(22(2,3)4)25-18(28)13-23/h15-17,19H,5-14,23H2,1-4H3,(H,24,29)(H,25,28)/t15-,16-,17-,19-/m1/s1. The molecule has 2 aliphatic rings. The highest BCUT2D eigenvalue weighted by molar-refractivity contribution is 7.80. The highest BCUT2D eigenvalue weighted by atomic mass is 32.1. The number of nitrogens with zero attached hydrogens (tertiary/aromatic N) is 1. The van der Waals surface area contributed by atoms with Crippen molar-refractivity contribution in [2.24, 2.45) is 23.0 Å². The van der Waals surface area contributed by atoms with Gasteiger partial charge in [0, 0.05) is 31.6 Å². The minimum absolute atomic E-state index is 0.117. The van der Waals surface area contributed by atoms with Crippen LogP contribution in [0, 0.1) is 17.3 Å². The van der Waals surface area contributed by atoms with Crippen molar-refractivity contribution in [2.75, 3.05) is 19.6 Å². The van der Waals surface area contributed by atoms with Gasteiger partial charge in [-0.05, 0) is 37.0 Å². The molecule has 0 aromatic carbocycles. The average molecular weight is 441 g/mol. The Labute approximate surface area is 187 Å². The summed E-state index contributed by atoms with van der Waals surface area (Å²) in [5, 5.41) is 6.68. The Balaban J connectivity index is 1.87. The van der Waals surface area contributed by atoms with Crippen molar-refractivity contribution >= 4 is 40.3 Å². The molecule has 2 atom stereocenters. The number of nitrogens with one attached hydrogen (secondary N) is 2. The number of unbranched alkanes of at least 4 members (excludes halogenated alkanes) is 1. The van der Waals surface area contributed by atoms with E-state index < -0.39 is 0 Å². The van der Waals surface area contributed by atoms with Crippen LogP contribution in [-0.4, -0.2) is 52.5 Å². The molecule has 1 amide bonds. The summed E-state index contributed by atoms with van der Waals surface area (Å²) < 4.78 is 0. The SMILES string of the molecule is CCCC[C@H]1C[C@H](C(=S)NC[C@H]2CCCN2C(=O)[C@@H](NC(=S)CN)C(C)(C)C)C1. The van der Waals surface area contributed by atoms with Crippen molar-refractivity contribution in [3.8, 4) is 0 Å². The zero-order chi connectivity index (χ0) is 21.6. The predicted molar refractivity (Wildman–Crippen MR) is 129 cm³/mol. The summed E-state index contributed by atoms with van der Waals surface area (Å²) >= 11 is 10.9. The lowest BCUT2D eigenvalue weighted by atomic mass is 9.72. The molecule has 0 aromatic rings. The van der Waals surface area contributed by atoms with Crippen molar-refractivity contribution in [3.63, 3.8) is 0 Å². The Kier molecular flexibility index (Phi) is 9.29. The summed E-state index contributed by atoms with van der Waals surface area (Å²) in [5.74, 6) is 1.50. The van der Waals surface area contributed by atoms with Gasteiger partial charge in [-0.3, -0.25) is 4.79 Å². The fourth-order valence-electron chi connectivity index (χ4n) is 4.41. The number of carbonyl (C=O) groups is 1. The van der Waals surface area contributed by atoms with E-state index in [9.17, 15) is 4.79 Å². The second-order valence-corrected chi connectivity index (χ2v) is 10.8. The number of thiocarbonyl (C=S) groups is 2. The Morgan fingerprint density at radius 3 is 2.55 bits per heavy atom. The Morgan fingerprint density at radius 1 is 1.28 bits per heavy atom. The van der Waals surface area contributed by atoms with Crippen molar-refractivity contribution in [3.05, 3.63) is 0 Å². The first-order valence-electron chi connectivity index (χ1n) is 11.2. The summed E-state index contributed by atoms with van der Waals surface area (Å²) in [5.41, 5.74) is 5.41. The van der Waals surface area contributed by atoms with Crippen LogP contribution < -0.4 is 16.4 Å². The van der Waals surface area contributed by atoms with E-state index in [1.54, 1.807) is 0 Å². The number of rotatable bonds is 9. The Hall–Kier alpha value is -0.790. The van der Waals surface area contributed by atoms with E-state index in [0.29, 0.717) is 10.9 Å². The minimum Gasteiger partial charge on any atom is -0.377 e. The topological polar surface area (TPSA) is 70.4 Å². The van der Waals surface area contributed by atoms with Crippen LogP contribution in [0.5, 0.6) is 0 Å². The summed E-state index contributed by atoms with van der Waals surface area (Å²) in [6, 6.07) is -0.174. The summed E-state index contributed by atoms with van der Waals surface area (Å²) in [4.78, 5) is 16.9. The predicted octanol–water partition coefficient (Wildman–Crippen LogP) is 3.40. The molecule has 0 unspecified atom stereocenters. The third-order valence-electron chi connectivity index (χ3n) is 6.35. The largest absolute Gasteiger partial charge is 0.377 e. The molecule has 5 nitrogen and oxygen atoms in total. The molecule has 7 heteroatoms. The van der Waals surface area contributed by atoms with Gasteiger partial charge in [-0.1, -0.05) is 71.4 Å². The van der Waals surface area contributed by atoms with Gasteiger partial charge in [0.1, 0.15) is 6.04 Å². The molecule has 1 saturated heterocycles. The second kappa shape index (κ2) is 11.0. The minimum atomic E-state index is -0.364. The van der Waals surface area contributed by atoms with Crippen LogP contribution in [0.2, 0.25) is 0 Å². The molecular formula is C22H40N4OS2. The summed E-state index contributed by atoms with van der Waals surface area (Å²) in [6.45, 7) is 10.2. The lowest BCUT2D eigenvalue weighted by molar-refractivity contribution is -0.136. The molecule has 2 fully saturated rings. The molecule has 0 bridgehead atoms. The molecule has 0 radical (unpaired) electrons. The van der Waals surface area contributed by atoms with E-state index >= 15 is 0 Å². The van der Waals surface area contributed by atoms with E-state index in [4.69, 9.17) is 30.2 Å². The zero-order valence-corrected chi connectivity index (χ0v) is 20.3. The highest BCUT2D eigenvalue weighted by Crippen LogP contribution is 2.37. The number of carbonyl (C=O) groups excluding carboxylic acids is 1. The molecule has 0 spiro atoms. The number of hydrogen-bond acceptors (Lipinski definition) is 4. The van der Waals surface area contributed by atoms with Crippen molar-refractivity contribution < 1.29 is 4.79 Å². The summed E-state index contributed by atoms with van der Waals surface area (Å²) in [6.07, 6.45) is 8.45. The molecular weight excluding hydrogens is 400 g/mol. The molecule has 4 N–H and O–H groups in total. The van der Waals surface area contributed by atoms with Crippen LogP contribution in [-0.2, 0) is 4.79 Å². The molecule has 1 aliphatic heterocycles. The van der Waals surface area contributed by atoms with Gasteiger partial charge in [0.15, 0.2) is 0 Å². The van der Waals surface area contributed by atoms with Gasteiger partial charge in [-0.15, -0.1) is 0 Å². The van der Waals surface area contributed by atoms with Crippen LogP contribution in [0.25, 0.3) is 0 Å². The van der Waals surface area contributed by atoms with Crippen LogP contribution >= 0.6 is 24.4 Å². The Bertz CT molecular complexity index is 584. The van der Waals surface area contributed by atoms with E-state index in [2.05, 4.69) is 38.3 Å². The number of likely N-dealkylation sites (tertiary alicyclic amines) is 1. The highest BCUT2D eigenvalue weighted by Gasteiger charge is 2.39. The van der Waals surface area contributed by atoms with Crippen LogP contribution in [0.4, 0.5) is 0 Å². The van der Waals surface area contributed by atoms with Gasteiger partial charge in [0.05, 0.1) is 9.98 Å². The maximum atomic E-state index is 13.3. The first-order chi connectivity index (χ1) is 13.7. The average Bonchev–Trinajstić information content (AvgIpc) is 3.10. The summed E-state index contributed by atoms with van der Waals surface area (Å²) in [7, 11) is 0. The molecule has 1 aliphatic carbocycles. The molecule has 166 valence electrons.